The quantitative estimate of drug-likeness (QED) is 0.434. The van der Waals surface area contributed by atoms with Crippen molar-refractivity contribution in [2.45, 2.75) is 39.2 Å². The summed E-state index contributed by atoms with van der Waals surface area (Å²) in [4.78, 5) is 12.4. The second-order valence-electron chi connectivity index (χ2n) is 5.87. The number of hydrogen-bond donors (Lipinski definition) is 3. The molecule has 0 saturated carbocycles. The van der Waals surface area contributed by atoms with E-state index in [1.165, 1.54) is 0 Å². The van der Waals surface area contributed by atoms with Crippen LogP contribution < -0.4 is 5.32 Å². The Morgan fingerprint density at radius 3 is 2.88 bits per heavy atom. The van der Waals surface area contributed by atoms with Gasteiger partial charge in [-0.1, -0.05) is 12.8 Å². The van der Waals surface area contributed by atoms with Crippen LogP contribution >= 0.6 is 12.6 Å². The largest absolute Gasteiger partial charge is 0.351 e. The summed E-state index contributed by atoms with van der Waals surface area (Å²) in [7, 11) is 0. The lowest BCUT2D eigenvalue weighted by molar-refractivity contribution is 0.0949. The van der Waals surface area contributed by atoms with E-state index in [4.69, 9.17) is 0 Å². The third-order valence-corrected chi connectivity index (χ3v) is 4.50. The molecule has 1 amide bonds. The Hall–Kier alpha value is -2.02. The number of hydrogen-bond acceptors (Lipinski definition) is 4. The fourth-order valence-corrected chi connectivity index (χ4v) is 3.07. The molecule has 0 radical (unpaired) electrons. The van der Waals surface area contributed by atoms with Gasteiger partial charge in [0.25, 0.3) is 5.91 Å². The summed E-state index contributed by atoms with van der Waals surface area (Å²) in [6, 6.07) is 3.85. The first-order valence-electron chi connectivity index (χ1n) is 8.48. The van der Waals surface area contributed by atoms with Crippen LogP contribution in [0.25, 0.3) is 21.8 Å². The minimum absolute atomic E-state index is 0.127. The lowest BCUT2D eigenvalue weighted by Gasteiger charge is -2.03. The zero-order valence-electron chi connectivity index (χ0n) is 13.9. The Morgan fingerprint density at radius 2 is 2.08 bits per heavy atom. The molecule has 0 saturated heterocycles. The molecule has 7 heteroatoms. The second-order valence-corrected chi connectivity index (χ2v) is 6.32. The first kappa shape index (κ1) is 16.8. The van der Waals surface area contributed by atoms with Gasteiger partial charge in [-0.05, 0) is 37.7 Å². The Morgan fingerprint density at radius 1 is 1.25 bits per heavy atom. The number of nitrogens with zero attached hydrogens (tertiary/aromatic N) is 3. The summed E-state index contributed by atoms with van der Waals surface area (Å²) in [6.07, 6.45) is 6.36. The average molecular weight is 345 g/mol. The number of thiol groups is 1. The zero-order chi connectivity index (χ0) is 16.9. The lowest BCUT2D eigenvalue weighted by Crippen LogP contribution is -2.25. The first-order valence-corrected chi connectivity index (χ1v) is 9.11. The molecule has 0 fully saturated rings. The highest BCUT2D eigenvalue weighted by Gasteiger charge is 2.16. The van der Waals surface area contributed by atoms with Gasteiger partial charge in [0.05, 0.1) is 11.0 Å². The molecule has 3 rings (SSSR count). The maximum Gasteiger partial charge on any atom is 0.272 e. The molecule has 0 aliphatic rings. The summed E-state index contributed by atoms with van der Waals surface area (Å²) >= 11 is 4.20. The summed E-state index contributed by atoms with van der Waals surface area (Å²) < 4.78 is 1.88. The molecule has 2 aromatic heterocycles. The number of unbranched alkanes of at least 4 members (excludes halogenated alkanes) is 3. The highest BCUT2D eigenvalue weighted by Crippen LogP contribution is 2.25. The minimum atomic E-state index is -0.127. The number of amides is 1. The van der Waals surface area contributed by atoms with Crippen molar-refractivity contribution in [3.8, 4) is 0 Å². The Balaban J connectivity index is 1.72. The van der Waals surface area contributed by atoms with E-state index < -0.39 is 0 Å². The number of aromatic amines is 1. The van der Waals surface area contributed by atoms with Crippen molar-refractivity contribution in [2.75, 3.05) is 12.3 Å². The van der Waals surface area contributed by atoms with E-state index in [2.05, 4.69) is 33.2 Å². The number of carbonyl (C=O) groups is 1. The smallest absolute Gasteiger partial charge is 0.272 e. The molecule has 0 aliphatic heterocycles. The van der Waals surface area contributed by atoms with Gasteiger partial charge in [-0.15, -0.1) is 0 Å². The molecular weight excluding hydrogens is 322 g/mol. The standard InChI is InChI=1S/C17H23N5OS/c1-2-22-11-13-14(21-22)8-7-12-15(13)19-20-16(12)17(23)18-9-5-3-4-6-10-24/h7-8,11,24H,2-6,9-10H2,1H3,(H,18,23)(H,19,20). The summed E-state index contributed by atoms with van der Waals surface area (Å²) in [5.74, 6) is 0.798. The van der Waals surface area contributed by atoms with Crippen molar-refractivity contribution >= 4 is 40.3 Å². The Bertz CT molecular complexity index is 838. The number of carbonyl (C=O) groups excluding carboxylic acids is 1. The molecule has 0 unspecified atom stereocenters. The number of aromatic nitrogens is 4. The van der Waals surface area contributed by atoms with E-state index in [1.807, 2.05) is 29.9 Å². The molecule has 3 aromatic rings. The second kappa shape index (κ2) is 7.70. The predicted octanol–water partition coefficient (Wildman–Crippen LogP) is 3.15. The average Bonchev–Trinajstić information content (AvgIpc) is 3.20. The summed E-state index contributed by atoms with van der Waals surface area (Å²) in [5.41, 5.74) is 2.22. The molecular formula is C17H23N5OS. The Labute approximate surface area is 146 Å². The van der Waals surface area contributed by atoms with Gasteiger partial charge in [0.2, 0.25) is 0 Å². The normalized spacial score (nSPS) is 11.4. The SMILES string of the molecule is CCn1cc2c(ccc3c(C(=O)NCCCCCCS)n[nH]c32)n1. The van der Waals surface area contributed by atoms with Crippen LogP contribution in [0.15, 0.2) is 18.3 Å². The molecule has 2 heterocycles. The monoisotopic (exact) mass is 345 g/mol. The van der Waals surface area contributed by atoms with Gasteiger partial charge in [0.15, 0.2) is 5.69 Å². The van der Waals surface area contributed by atoms with Crippen LogP contribution in [0.1, 0.15) is 43.1 Å². The third kappa shape index (κ3) is 3.40. The molecule has 0 aliphatic carbocycles. The maximum absolute atomic E-state index is 12.4. The van der Waals surface area contributed by atoms with Crippen LogP contribution in [0.5, 0.6) is 0 Å². The van der Waals surface area contributed by atoms with Crippen LogP contribution in [0, 0.1) is 0 Å². The number of rotatable bonds is 8. The van der Waals surface area contributed by atoms with E-state index in [0.29, 0.717) is 12.2 Å². The van der Waals surface area contributed by atoms with E-state index >= 15 is 0 Å². The molecule has 128 valence electrons. The van der Waals surface area contributed by atoms with Crippen molar-refractivity contribution in [1.29, 1.82) is 0 Å². The van der Waals surface area contributed by atoms with E-state index in [-0.39, 0.29) is 5.91 Å². The lowest BCUT2D eigenvalue weighted by atomic mass is 10.1. The molecule has 0 spiro atoms. The van der Waals surface area contributed by atoms with Crippen molar-refractivity contribution in [3.63, 3.8) is 0 Å². The van der Waals surface area contributed by atoms with Gasteiger partial charge in [0.1, 0.15) is 0 Å². The number of aryl methyl sites for hydroxylation is 1. The summed E-state index contributed by atoms with van der Waals surface area (Å²) in [6.45, 7) is 3.53. The van der Waals surface area contributed by atoms with Crippen molar-refractivity contribution in [1.82, 2.24) is 25.3 Å². The Kier molecular flexibility index (Phi) is 5.40. The van der Waals surface area contributed by atoms with Crippen LogP contribution in [0.2, 0.25) is 0 Å². The number of nitrogens with one attached hydrogen (secondary N) is 2. The van der Waals surface area contributed by atoms with Crippen molar-refractivity contribution in [3.05, 3.63) is 24.0 Å². The zero-order valence-corrected chi connectivity index (χ0v) is 14.8. The predicted molar refractivity (Wildman–Crippen MR) is 99.7 cm³/mol. The first-order chi connectivity index (χ1) is 11.7. The highest BCUT2D eigenvalue weighted by molar-refractivity contribution is 7.80. The fraction of sp³-hybridized carbons (Fsp3) is 0.471. The number of H-pyrrole nitrogens is 1. The van der Waals surface area contributed by atoms with Crippen molar-refractivity contribution in [2.24, 2.45) is 0 Å². The summed E-state index contributed by atoms with van der Waals surface area (Å²) in [5, 5.41) is 16.5. The molecule has 0 bridgehead atoms. The maximum atomic E-state index is 12.4. The van der Waals surface area contributed by atoms with Gasteiger partial charge in [-0.25, -0.2) is 0 Å². The molecule has 6 nitrogen and oxygen atoms in total. The van der Waals surface area contributed by atoms with Gasteiger partial charge in [0, 0.05) is 30.1 Å². The van der Waals surface area contributed by atoms with Gasteiger partial charge in [-0.2, -0.15) is 22.8 Å². The molecule has 1 aromatic carbocycles. The van der Waals surface area contributed by atoms with Gasteiger partial charge >= 0.3 is 0 Å². The van der Waals surface area contributed by atoms with E-state index in [9.17, 15) is 4.79 Å². The molecule has 2 N–H and O–H groups in total. The third-order valence-electron chi connectivity index (χ3n) is 4.18. The van der Waals surface area contributed by atoms with E-state index in [0.717, 1.165) is 59.8 Å². The number of benzene rings is 1. The topological polar surface area (TPSA) is 75.6 Å². The fourth-order valence-electron chi connectivity index (χ4n) is 2.84. The number of fused-ring (bicyclic) bond motifs is 3. The minimum Gasteiger partial charge on any atom is -0.351 e. The van der Waals surface area contributed by atoms with Gasteiger partial charge < -0.3 is 5.32 Å². The molecule has 0 atom stereocenters. The highest BCUT2D eigenvalue weighted by atomic mass is 32.1. The van der Waals surface area contributed by atoms with Gasteiger partial charge in [-0.3, -0.25) is 14.6 Å². The van der Waals surface area contributed by atoms with Crippen LogP contribution in [0.4, 0.5) is 0 Å². The van der Waals surface area contributed by atoms with Crippen LogP contribution in [0.3, 0.4) is 0 Å². The van der Waals surface area contributed by atoms with E-state index in [1.54, 1.807) is 0 Å². The van der Waals surface area contributed by atoms with Crippen molar-refractivity contribution < 1.29 is 4.79 Å². The molecule has 24 heavy (non-hydrogen) atoms. The van der Waals surface area contributed by atoms with Crippen LogP contribution in [-0.4, -0.2) is 38.2 Å². The van der Waals surface area contributed by atoms with Crippen LogP contribution in [-0.2, 0) is 6.54 Å².